The molecule has 0 spiro atoms. The lowest BCUT2D eigenvalue weighted by molar-refractivity contribution is 0.103. The van der Waals surface area contributed by atoms with E-state index in [2.05, 4.69) is 10.0 Å². The number of urea groups is 1. The Kier molecular flexibility index (Phi) is 5.31. The molecular formula is C16H17ClN4O4S2. The van der Waals surface area contributed by atoms with E-state index in [-0.39, 0.29) is 22.6 Å². The monoisotopic (exact) mass is 428 g/mol. The highest BCUT2D eigenvalue weighted by molar-refractivity contribution is 7.92. The predicted molar refractivity (Wildman–Crippen MR) is 108 cm³/mol. The smallest absolute Gasteiger partial charge is 0.324 e. The molecule has 27 heavy (non-hydrogen) atoms. The van der Waals surface area contributed by atoms with Gasteiger partial charge in [-0.15, -0.1) is 11.3 Å². The Hall–Kier alpha value is -2.30. The van der Waals surface area contributed by atoms with Crippen molar-refractivity contribution in [2.75, 3.05) is 41.3 Å². The number of hydrogen-bond acceptors (Lipinski definition) is 5. The molecule has 1 aliphatic rings. The van der Waals surface area contributed by atoms with Crippen molar-refractivity contribution in [3.63, 3.8) is 0 Å². The zero-order valence-electron chi connectivity index (χ0n) is 14.5. The largest absolute Gasteiger partial charge is 0.326 e. The first-order valence-corrected chi connectivity index (χ1v) is 11.0. The molecule has 0 radical (unpaired) electrons. The van der Waals surface area contributed by atoms with Gasteiger partial charge in [0, 0.05) is 36.2 Å². The fourth-order valence-electron chi connectivity index (χ4n) is 2.60. The first kappa shape index (κ1) is 19.5. The van der Waals surface area contributed by atoms with Crippen LogP contribution in [0, 0.1) is 0 Å². The number of nitrogens with zero attached hydrogens (tertiary/aromatic N) is 2. The van der Waals surface area contributed by atoms with Crippen LogP contribution in [0.4, 0.5) is 21.9 Å². The van der Waals surface area contributed by atoms with Gasteiger partial charge in [0.1, 0.15) is 0 Å². The minimum atomic E-state index is -3.47. The van der Waals surface area contributed by atoms with Crippen LogP contribution in [0.1, 0.15) is 9.67 Å². The van der Waals surface area contributed by atoms with Crippen LogP contribution in [0.15, 0.2) is 29.6 Å². The standard InChI is InChI=1S/C16H17ClN4O4S2/c1-20-3-4-21(16(20)23)13-8-14(26-9-13)15(22)18-11-5-10(17)6-12(7-11)19-27(2,24)25/h5-9,19H,3-4H2,1-2H3,(H,18,22). The normalized spacial score (nSPS) is 14.6. The lowest BCUT2D eigenvalue weighted by atomic mass is 10.2. The van der Waals surface area contributed by atoms with Crippen LogP contribution in [0.5, 0.6) is 0 Å². The number of nitrogens with one attached hydrogen (secondary N) is 2. The minimum absolute atomic E-state index is 0.105. The number of carbonyl (C=O) groups excluding carboxylic acids is 2. The van der Waals surface area contributed by atoms with E-state index in [9.17, 15) is 18.0 Å². The quantitative estimate of drug-likeness (QED) is 0.764. The van der Waals surface area contributed by atoms with Crippen molar-refractivity contribution >= 4 is 62.0 Å². The number of amides is 3. The molecule has 1 fully saturated rings. The number of benzene rings is 1. The highest BCUT2D eigenvalue weighted by Gasteiger charge is 2.27. The predicted octanol–water partition coefficient (Wildman–Crippen LogP) is 2.90. The van der Waals surface area contributed by atoms with E-state index in [0.29, 0.717) is 29.3 Å². The average Bonchev–Trinajstić information content (AvgIpc) is 3.13. The summed E-state index contributed by atoms with van der Waals surface area (Å²) in [6.45, 7) is 1.21. The summed E-state index contributed by atoms with van der Waals surface area (Å²) < 4.78 is 25.1. The lowest BCUT2D eigenvalue weighted by Gasteiger charge is -2.13. The Morgan fingerprint density at radius 2 is 1.89 bits per heavy atom. The van der Waals surface area contributed by atoms with Gasteiger partial charge < -0.3 is 10.2 Å². The Balaban J connectivity index is 1.75. The molecule has 0 aliphatic carbocycles. The maximum atomic E-state index is 12.5. The second kappa shape index (κ2) is 7.37. The molecule has 1 saturated heterocycles. The fourth-order valence-corrected chi connectivity index (χ4v) is 4.17. The van der Waals surface area contributed by atoms with Crippen LogP contribution < -0.4 is 14.9 Å². The fraction of sp³-hybridized carbons (Fsp3) is 0.250. The van der Waals surface area contributed by atoms with Crippen LogP contribution >= 0.6 is 22.9 Å². The number of rotatable bonds is 5. The topological polar surface area (TPSA) is 98.8 Å². The highest BCUT2D eigenvalue weighted by atomic mass is 35.5. The first-order chi connectivity index (χ1) is 12.6. The van der Waals surface area contributed by atoms with Crippen molar-refractivity contribution in [2.24, 2.45) is 0 Å². The van der Waals surface area contributed by atoms with Crippen molar-refractivity contribution in [2.45, 2.75) is 0 Å². The first-order valence-electron chi connectivity index (χ1n) is 7.83. The molecule has 1 aromatic heterocycles. The van der Waals surface area contributed by atoms with E-state index >= 15 is 0 Å². The third-order valence-electron chi connectivity index (χ3n) is 3.80. The number of anilines is 3. The third kappa shape index (κ3) is 4.71. The van der Waals surface area contributed by atoms with Gasteiger partial charge in [-0.2, -0.15) is 0 Å². The summed E-state index contributed by atoms with van der Waals surface area (Å²) in [5, 5.41) is 4.71. The van der Waals surface area contributed by atoms with Gasteiger partial charge in [0.25, 0.3) is 5.91 Å². The van der Waals surface area contributed by atoms with E-state index in [1.54, 1.807) is 28.3 Å². The molecule has 11 heteroatoms. The summed E-state index contributed by atoms with van der Waals surface area (Å²) in [6, 6.07) is 5.97. The molecule has 2 N–H and O–H groups in total. The van der Waals surface area contributed by atoms with Gasteiger partial charge in [0.05, 0.1) is 22.5 Å². The van der Waals surface area contributed by atoms with Gasteiger partial charge in [-0.25, -0.2) is 13.2 Å². The number of sulfonamides is 1. The van der Waals surface area contributed by atoms with Crippen molar-refractivity contribution in [3.05, 3.63) is 39.5 Å². The SMILES string of the molecule is CN1CCN(c2csc(C(=O)Nc3cc(Cl)cc(NS(C)(=O)=O)c3)c2)C1=O. The molecule has 1 aromatic carbocycles. The molecule has 3 amide bonds. The summed E-state index contributed by atoms with van der Waals surface area (Å²) in [5.41, 5.74) is 1.27. The van der Waals surface area contributed by atoms with E-state index in [1.807, 2.05) is 0 Å². The molecule has 8 nitrogen and oxygen atoms in total. The maximum absolute atomic E-state index is 12.5. The van der Waals surface area contributed by atoms with Crippen molar-refractivity contribution in [3.8, 4) is 0 Å². The molecule has 0 saturated carbocycles. The van der Waals surface area contributed by atoms with Crippen LogP contribution in [-0.4, -0.2) is 51.6 Å². The van der Waals surface area contributed by atoms with Gasteiger partial charge in [-0.1, -0.05) is 11.6 Å². The zero-order chi connectivity index (χ0) is 19.8. The van der Waals surface area contributed by atoms with Gasteiger partial charge in [0.15, 0.2) is 0 Å². The third-order valence-corrected chi connectivity index (χ3v) is 5.54. The van der Waals surface area contributed by atoms with E-state index in [1.165, 1.54) is 29.5 Å². The van der Waals surface area contributed by atoms with Gasteiger partial charge in [0.2, 0.25) is 10.0 Å². The zero-order valence-corrected chi connectivity index (χ0v) is 16.9. The molecule has 2 aromatic rings. The Morgan fingerprint density at radius 1 is 1.19 bits per heavy atom. The van der Waals surface area contributed by atoms with E-state index in [0.717, 1.165) is 6.26 Å². The molecule has 2 heterocycles. The highest BCUT2D eigenvalue weighted by Crippen LogP contribution is 2.28. The van der Waals surface area contributed by atoms with Crippen LogP contribution in [0.2, 0.25) is 5.02 Å². The number of likely N-dealkylation sites (N-methyl/N-ethyl adjacent to an activating group) is 1. The second-order valence-corrected chi connectivity index (χ2v) is 9.18. The Bertz CT molecular complexity index is 1010. The average molecular weight is 429 g/mol. The number of halogens is 1. The lowest BCUT2D eigenvalue weighted by Crippen LogP contribution is -2.28. The van der Waals surface area contributed by atoms with Gasteiger partial charge in [-0.05, 0) is 24.3 Å². The molecule has 0 unspecified atom stereocenters. The Morgan fingerprint density at radius 3 is 2.52 bits per heavy atom. The summed E-state index contributed by atoms with van der Waals surface area (Å²) in [6.07, 6.45) is 1.02. The molecule has 0 bridgehead atoms. The van der Waals surface area contributed by atoms with E-state index < -0.39 is 10.0 Å². The van der Waals surface area contributed by atoms with Crippen molar-refractivity contribution < 1.29 is 18.0 Å². The summed E-state index contributed by atoms with van der Waals surface area (Å²) in [4.78, 5) is 28.2. The van der Waals surface area contributed by atoms with Crippen LogP contribution in [0.3, 0.4) is 0 Å². The minimum Gasteiger partial charge on any atom is -0.326 e. The van der Waals surface area contributed by atoms with Crippen molar-refractivity contribution in [1.29, 1.82) is 0 Å². The molecular weight excluding hydrogens is 412 g/mol. The second-order valence-electron chi connectivity index (χ2n) is 6.08. The van der Waals surface area contributed by atoms with Gasteiger partial charge >= 0.3 is 6.03 Å². The van der Waals surface area contributed by atoms with Gasteiger partial charge in [-0.3, -0.25) is 14.4 Å². The summed E-state index contributed by atoms with van der Waals surface area (Å²) in [5.74, 6) is -0.376. The molecule has 3 rings (SSSR count). The number of hydrogen-bond donors (Lipinski definition) is 2. The van der Waals surface area contributed by atoms with Crippen LogP contribution in [-0.2, 0) is 10.0 Å². The molecule has 144 valence electrons. The summed E-state index contributed by atoms with van der Waals surface area (Å²) >= 11 is 7.21. The van der Waals surface area contributed by atoms with Crippen LogP contribution in [0.25, 0.3) is 0 Å². The molecule has 0 atom stereocenters. The van der Waals surface area contributed by atoms with Crippen molar-refractivity contribution in [1.82, 2.24) is 4.90 Å². The Labute approximate surface area is 165 Å². The summed E-state index contributed by atoms with van der Waals surface area (Å²) in [7, 11) is -1.74. The van der Waals surface area contributed by atoms with E-state index in [4.69, 9.17) is 11.6 Å². The number of carbonyl (C=O) groups is 2. The number of thiophene rings is 1. The molecule has 1 aliphatic heterocycles. The maximum Gasteiger partial charge on any atom is 0.324 e.